The lowest BCUT2D eigenvalue weighted by molar-refractivity contribution is -0.131. The second-order valence-corrected chi connectivity index (χ2v) is 9.13. The summed E-state index contributed by atoms with van der Waals surface area (Å²) in [7, 11) is -3.75. The van der Waals surface area contributed by atoms with E-state index in [0.717, 1.165) is 0 Å². The van der Waals surface area contributed by atoms with E-state index in [2.05, 4.69) is 4.98 Å². The van der Waals surface area contributed by atoms with Crippen LogP contribution in [0.2, 0.25) is 0 Å². The second kappa shape index (κ2) is 7.29. The first kappa shape index (κ1) is 18.7. The van der Waals surface area contributed by atoms with Gasteiger partial charge in [0.05, 0.1) is 6.42 Å². The number of aromatic amines is 1. The molecule has 1 amide bonds. The molecule has 0 spiro atoms. The molecule has 0 radical (unpaired) electrons. The summed E-state index contributed by atoms with van der Waals surface area (Å²) in [6.07, 6.45) is 0.0725. The lowest BCUT2D eigenvalue weighted by Gasteiger charge is -2.33. The average molecular weight is 399 g/mol. The summed E-state index contributed by atoms with van der Waals surface area (Å²) < 4.78 is 39.8. The highest BCUT2D eigenvalue weighted by Crippen LogP contribution is 2.22. The molecule has 2 heterocycles. The minimum absolute atomic E-state index is 0.0158. The third-order valence-electron chi connectivity index (χ3n) is 4.19. The number of sulfonamides is 1. The molecule has 1 N–H and O–H groups in total. The Kier molecular flexibility index (Phi) is 5.26. The molecule has 0 bridgehead atoms. The molecule has 0 unspecified atom stereocenters. The van der Waals surface area contributed by atoms with Gasteiger partial charge < -0.3 is 9.88 Å². The van der Waals surface area contributed by atoms with Gasteiger partial charge in [-0.15, -0.1) is 0 Å². The monoisotopic (exact) mass is 399 g/mol. The van der Waals surface area contributed by atoms with Crippen LogP contribution in [-0.2, 0) is 21.2 Å². The van der Waals surface area contributed by atoms with E-state index in [4.69, 9.17) is 0 Å². The maximum atomic E-state index is 13.2. The van der Waals surface area contributed by atoms with E-state index in [0.29, 0.717) is 22.6 Å². The van der Waals surface area contributed by atoms with Crippen LogP contribution in [0, 0.1) is 12.7 Å². The minimum atomic E-state index is -3.75. The number of piperazine rings is 1. The molecule has 0 atom stereocenters. The van der Waals surface area contributed by atoms with Crippen LogP contribution in [0.5, 0.6) is 0 Å². The summed E-state index contributed by atoms with van der Waals surface area (Å²) in [6, 6.07) is 5.86. The van der Waals surface area contributed by atoms with Crippen molar-refractivity contribution in [3.8, 4) is 0 Å². The van der Waals surface area contributed by atoms with Crippen molar-refractivity contribution in [1.82, 2.24) is 14.2 Å². The van der Waals surface area contributed by atoms with E-state index in [1.807, 2.05) is 0 Å². The van der Waals surface area contributed by atoms with Gasteiger partial charge in [-0.3, -0.25) is 9.59 Å². The lowest BCUT2D eigenvalue weighted by atomic mass is 10.1. The molecule has 140 valence electrons. The molecule has 26 heavy (non-hydrogen) atoms. The van der Waals surface area contributed by atoms with Crippen LogP contribution >= 0.6 is 11.3 Å². The molecular weight excluding hydrogens is 381 g/mol. The van der Waals surface area contributed by atoms with Gasteiger partial charge in [0.15, 0.2) is 4.21 Å². The van der Waals surface area contributed by atoms with Crippen molar-refractivity contribution < 1.29 is 17.6 Å². The van der Waals surface area contributed by atoms with E-state index in [-0.39, 0.29) is 42.7 Å². The summed E-state index contributed by atoms with van der Waals surface area (Å²) in [6.45, 7) is 2.37. The minimum Gasteiger partial charge on any atom is -0.340 e. The van der Waals surface area contributed by atoms with Crippen molar-refractivity contribution in [2.24, 2.45) is 0 Å². The predicted octanol–water partition coefficient (Wildman–Crippen LogP) is 0.960. The first-order valence-corrected chi connectivity index (χ1v) is 10.2. The molecule has 1 saturated heterocycles. The van der Waals surface area contributed by atoms with Gasteiger partial charge in [-0.25, -0.2) is 12.8 Å². The number of hydrogen-bond donors (Lipinski definition) is 1. The van der Waals surface area contributed by atoms with E-state index in [1.54, 1.807) is 24.0 Å². The molecule has 2 aromatic rings. The smallest absolute Gasteiger partial charge is 0.305 e. The van der Waals surface area contributed by atoms with E-state index < -0.39 is 20.7 Å². The standard InChI is InChI=1S/C16H18FN3O4S2/c1-11-15(25-16(22)18-11)26(23,24)20-7-5-19(6-8-20)14(21)10-12-3-2-4-13(17)9-12/h2-4,9H,5-8,10H2,1H3,(H,18,22). The number of benzene rings is 1. The molecule has 10 heteroatoms. The maximum Gasteiger partial charge on any atom is 0.305 e. The van der Waals surface area contributed by atoms with Crippen molar-refractivity contribution in [2.45, 2.75) is 17.6 Å². The topological polar surface area (TPSA) is 90.5 Å². The van der Waals surface area contributed by atoms with Crippen molar-refractivity contribution >= 4 is 27.3 Å². The maximum absolute atomic E-state index is 13.2. The Hall–Kier alpha value is -2.04. The number of amides is 1. The zero-order valence-corrected chi connectivity index (χ0v) is 15.7. The molecular formula is C16H18FN3O4S2. The molecule has 3 rings (SSSR count). The molecule has 0 saturated carbocycles. The lowest BCUT2D eigenvalue weighted by Crippen LogP contribution is -2.50. The van der Waals surface area contributed by atoms with Crippen LogP contribution in [0.4, 0.5) is 4.39 Å². The number of thiazole rings is 1. The van der Waals surface area contributed by atoms with Gasteiger partial charge in [0.25, 0.3) is 10.0 Å². The van der Waals surface area contributed by atoms with Gasteiger partial charge in [-0.1, -0.05) is 23.5 Å². The number of rotatable bonds is 4. The number of halogens is 1. The Balaban J connectivity index is 1.64. The molecule has 1 aromatic carbocycles. The van der Waals surface area contributed by atoms with Gasteiger partial charge in [-0.05, 0) is 24.6 Å². The third kappa shape index (κ3) is 3.87. The summed E-state index contributed by atoms with van der Waals surface area (Å²) in [5.74, 6) is -0.567. The van der Waals surface area contributed by atoms with Gasteiger partial charge in [0, 0.05) is 31.9 Å². The van der Waals surface area contributed by atoms with Gasteiger partial charge in [-0.2, -0.15) is 4.31 Å². The van der Waals surface area contributed by atoms with E-state index >= 15 is 0 Å². The number of aromatic nitrogens is 1. The van der Waals surface area contributed by atoms with Crippen molar-refractivity contribution in [3.63, 3.8) is 0 Å². The normalized spacial score (nSPS) is 16.0. The Morgan fingerprint density at radius 3 is 2.54 bits per heavy atom. The van der Waals surface area contributed by atoms with Crippen LogP contribution in [0.1, 0.15) is 11.3 Å². The van der Waals surface area contributed by atoms with Crippen LogP contribution in [0.15, 0.2) is 33.3 Å². The zero-order chi connectivity index (χ0) is 18.9. The van der Waals surface area contributed by atoms with E-state index in [1.165, 1.54) is 16.4 Å². The Bertz CT molecular complexity index is 975. The summed E-state index contributed by atoms with van der Waals surface area (Å²) in [5.41, 5.74) is 0.905. The molecule has 7 nitrogen and oxygen atoms in total. The Morgan fingerprint density at radius 2 is 1.96 bits per heavy atom. The molecule has 1 aliphatic heterocycles. The quantitative estimate of drug-likeness (QED) is 0.829. The van der Waals surface area contributed by atoms with Crippen LogP contribution < -0.4 is 4.87 Å². The molecule has 0 aliphatic carbocycles. The fourth-order valence-electron chi connectivity index (χ4n) is 2.86. The first-order valence-electron chi connectivity index (χ1n) is 7.99. The Labute approximate surface area is 154 Å². The highest BCUT2D eigenvalue weighted by atomic mass is 32.2. The highest BCUT2D eigenvalue weighted by molar-refractivity contribution is 7.91. The number of nitrogens with zero attached hydrogens (tertiary/aromatic N) is 2. The van der Waals surface area contributed by atoms with Crippen LogP contribution in [-0.4, -0.2) is 54.7 Å². The van der Waals surface area contributed by atoms with Gasteiger partial charge in [0.2, 0.25) is 5.91 Å². The zero-order valence-electron chi connectivity index (χ0n) is 14.1. The number of hydrogen-bond acceptors (Lipinski definition) is 5. The highest BCUT2D eigenvalue weighted by Gasteiger charge is 2.32. The fraction of sp³-hybridized carbons (Fsp3) is 0.375. The van der Waals surface area contributed by atoms with Crippen LogP contribution in [0.3, 0.4) is 0 Å². The number of nitrogens with one attached hydrogen (secondary N) is 1. The average Bonchev–Trinajstić information content (AvgIpc) is 2.94. The molecule has 1 fully saturated rings. The third-order valence-corrected chi connectivity index (χ3v) is 7.67. The van der Waals surface area contributed by atoms with Gasteiger partial charge in [0.1, 0.15) is 5.82 Å². The molecule has 1 aromatic heterocycles. The SMILES string of the molecule is Cc1[nH]c(=O)sc1S(=O)(=O)N1CCN(C(=O)Cc2cccc(F)c2)CC1. The second-order valence-electron chi connectivity index (χ2n) is 6.02. The number of carbonyl (C=O) groups is 1. The number of aryl methyl sites for hydroxylation is 1. The summed E-state index contributed by atoms with van der Waals surface area (Å²) in [4.78, 5) is 27.4. The number of H-pyrrole nitrogens is 1. The van der Waals surface area contributed by atoms with Crippen molar-refractivity contribution in [2.75, 3.05) is 26.2 Å². The van der Waals surface area contributed by atoms with Gasteiger partial charge >= 0.3 is 4.87 Å². The van der Waals surface area contributed by atoms with E-state index in [9.17, 15) is 22.4 Å². The Morgan fingerprint density at radius 1 is 1.27 bits per heavy atom. The number of carbonyl (C=O) groups excluding carboxylic acids is 1. The van der Waals surface area contributed by atoms with Crippen LogP contribution in [0.25, 0.3) is 0 Å². The largest absolute Gasteiger partial charge is 0.340 e. The summed E-state index contributed by atoms with van der Waals surface area (Å²) >= 11 is 0.668. The summed E-state index contributed by atoms with van der Waals surface area (Å²) in [5, 5.41) is 0. The van der Waals surface area contributed by atoms with Crippen molar-refractivity contribution in [1.29, 1.82) is 0 Å². The predicted molar refractivity (Wildman–Crippen MR) is 95.1 cm³/mol. The van der Waals surface area contributed by atoms with Crippen molar-refractivity contribution in [3.05, 3.63) is 51.0 Å². The first-order chi connectivity index (χ1) is 12.3. The molecule has 1 aliphatic rings. The fourth-order valence-corrected chi connectivity index (χ4v) is 5.72.